The topological polar surface area (TPSA) is 117 Å². The minimum atomic E-state index is -1.23. The van der Waals surface area contributed by atoms with Crippen molar-refractivity contribution in [1.82, 2.24) is 0 Å². The minimum absolute atomic E-state index is 0.0111. The molecule has 0 bridgehead atoms. The molecular weight excluding hydrogens is 375 g/mol. The summed E-state index contributed by atoms with van der Waals surface area (Å²) in [4.78, 5) is 34.4. The van der Waals surface area contributed by atoms with Crippen LogP contribution in [0.25, 0.3) is 0 Å². The second-order valence-electron chi connectivity index (χ2n) is 5.53. The van der Waals surface area contributed by atoms with E-state index < -0.39 is 34.4 Å². The van der Waals surface area contributed by atoms with E-state index >= 15 is 0 Å². The molecule has 28 heavy (non-hydrogen) atoms. The Kier molecular flexibility index (Phi) is 6.48. The van der Waals surface area contributed by atoms with Crippen molar-refractivity contribution in [2.75, 3.05) is 19.5 Å². The molecule has 0 aliphatic heterocycles. The van der Waals surface area contributed by atoms with Gasteiger partial charge >= 0.3 is 11.7 Å². The van der Waals surface area contributed by atoms with Crippen molar-refractivity contribution < 1.29 is 33.1 Å². The van der Waals surface area contributed by atoms with Gasteiger partial charge in [-0.1, -0.05) is 0 Å². The maximum absolute atomic E-state index is 13.4. The molecule has 0 spiro atoms. The third kappa shape index (κ3) is 4.72. The van der Waals surface area contributed by atoms with Gasteiger partial charge in [-0.05, 0) is 31.2 Å². The number of carbonyl (C=O) groups is 2. The number of anilines is 1. The molecule has 0 unspecified atom stereocenters. The third-order valence-electron chi connectivity index (χ3n) is 3.69. The van der Waals surface area contributed by atoms with Crippen molar-refractivity contribution in [3.8, 4) is 11.5 Å². The summed E-state index contributed by atoms with van der Waals surface area (Å²) < 4.78 is 28.6. The van der Waals surface area contributed by atoms with E-state index in [0.29, 0.717) is 5.75 Å². The molecule has 0 heterocycles. The molecular formula is C18H17FN2O7. The maximum atomic E-state index is 13.4. The molecule has 0 aromatic heterocycles. The molecule has 0 radical (unpaired) electrons. The maximum Gasteiger partial charge on any atom is 0.342 e. The number of benzene rings is 2. The summed E-state index contributed by atoms with van der Waals surface area (Å²) in [6.45, 7) is 1.32. The normalized spacial score (nSPS) is 11.3. The van der Waals surface area contributed by atoms with E-state index in [0.717, 1.165) is 18.2 Å². The summed E-state index contributed by atoms with van der Waals surface area (Å²) in [7, 11) is 2.82. The van der Waals surface area contributed by atoms with Crippen molar-refractivity contribution in [2.24, 2.45) is 0 Å². The first-order chi connectivity index (χ1) is 13.3. The highest BCUT2D eigenvalue weighted by Gasteiger charge is 2.23. The quantitative estimate of drug-likeness (QED) is 0.437. The minimum Gasteiger partial charge on any atom is -0.497 e. The summed E-state index contributed by atoms with van der Waals surface area (Å²) in [6.07, 6.45) is -1.23. The zero-order valence-electron chi connectivity index (χ0n) is 15.2. The predicted octanol–water partition coefficient (Wildman–Crippen LogP) is 2.94. The van der Waals surface area contributed by atoms with E-state index in [1.165, 1.54) is 39.3 Å². The number of esters is 1. The molecule has 0 saturated carbocycles. The lowest BCUT2D eigenvalue weighted by molar-refractivity contribution is -0.387. The standard InChI is InChI=1S/C18H17FN2O7/c1-10(17(22)20-11-4-7-14(19)15(8-11)21(24)25)28-18(23)13-6-5-12(26-2)9-16(13)27-3/h4-10H,1-3H3,(H,20,22)/t10-/m0/s1. The van der Waals surface area contributed by atoms with Crippen LogP contribution in [-0.2, 0) is 9.53 Å². The lowest BCUT2D eigenvalue weighted by Gasteiger charge is -2.15. The predicted molar refractivity (Wildman–Crippen MR) is 96.1 cm³/mol. The molecule has 2 aromatic carbocycles. The molecule has 0 aliphatic rings. The Morgan fingerprint density at radius 3 is 2.46 bits per heavy atom. The van der Waals surface area contributed by atoms with E-state index in [1.54, 1.807) is 0 Å². The van der Waals surface area contributed by atoms with Gasteiger partial charge in [0.05, 0.1) is 19.1 Å². The molecule has 0 fully saturated rings. The fourth-order valence-electron chi connectivity index (χ4n) is 2.22. The summed E-state index contributed by atoms with van der Waals surface area (Å²) >= 11 is 0. The van der Waals surface area contributed by atoms with Crippen molar-refractivity contribution in [1.29, 1.82) is 0 Å². The smallest absolute Gasteiger partial charge is 0.342 e. The van der Waals surface area contributed by atoms with Crippen LogP contribution < -0.4 is 14.8 Å². The van der Waals surface area contributed by atoms with Crippen molar-refractivity contribution in [2.45, 2.75) is 13.0 Å². The Hall–Kier alpha value is -3.69. The molecule has 0 aliphatic carbocycles. The van der Waals surface area contributed by atoms with Crippen LogP contribution in [0.2, 0.25) is 0 Å². The highest BCUT2D eigenvalue weighted by molar-refractivity contribution is 5.98. The number of rotatable bonds is 7. The fraction of sp³-hybridized carbons (Fsp3) is 0.222. The van der Waals surface area contributed by atoms with Gasteiger partial charge in [-0.25, -0.2) is 4.79 Å². The molecule has 9 nitrogen and oxygen atoms in total. The summed E-state index contributed by atoms with van der Waals surface area (Å²) in [6, 6.07) is 7.32. The second-order valence-corrected chi connectivity index (χ2v) is 5.53. The largest absolute Gasteiger partial charge is 0.497 e. The summed E-state index contributed by atoms with van der Waals surface area (Å²) in [5.74, 6) is -1.92. The highest BCUT2D eigenvalue weighted by Crippen LogP contribution is 2.26. The monoisotopic (exact) mass is 392 g/mol. The molecule has 1 N–H and O–H groups in total. The first-order valence-corrected chi connectivity index (χ1v) is 7.94. The van der Waals surface area contributed by atoms with E-state index in [-0.39, 0.29) is 17.0 Å². The van der Waals surface area contributed by atoms with Gasteiger partial charge in [-0.2, -0.15) is 4.39 Å². The molecule has 0 saturated heterocycles. The van der Waals surface area contributed by atoms with Gasteiger partial charge < -0.3 is 19.5 Å². The molecule has 10 heteroatoms. The van der Waals surface area contributed by atoms with Crippen molar-refractivity contribution >= 4 is 23.3 Å². The van der Waals surface area contributed by atoms with Crippen LogP contribution in [-0.4, -0.2) is 37.1 Å². The van der Waals surface area contributed by atoms with Gasteiger partial charge in [0.15, 0.2) is 6.10 Å². The zero-order chi connectivity index (χ0) is 20.8. The number of nitro groups is 1. The van der Waals surface area contributed by atoms with Crippen LogP contribution in [0.3, 0.4) is 0 Å². The van der Waals surface area contributed by atoms with Crippen LogP contribution in [0, 0.1) is 15.9 Å². The number of hydrogen-bond donors (Lipinski definition) is 1. The van der Waals surface area contributed by atoms with Crippen LogP contribution >= 0.6 is 0 Å². The number of carbonyl (C=O) groups excluding carboxylic acids is 2. The number of methoxy groups -OCH3 is 2. The first-order valence-electron chi connectivity index (χ1n) is 7.94. The van der Waals surface area contributed by atoms with Gasteiger partial charge in [0.2, 0.25) is 5.82 Å². The average molecular weight is 392 g/mol. The lowest BCUT2D eigenvalue weighted by Crippen LogP contribution is -2.30. The first kappa shape index (κ1) is 20.6. The second kappa shape index (κ2) is 8.80. The number of halogens is 1. The van der Waals surface area contributed by atoms with Crippen LogP contribution in [0.4, 0.5) is 15.8 Å². The molecule has 2 rings (SSSR count). The number of nitro benzene ring substituents is 1. The molecule has 148 valence electrons. The Morgan fingerprint density at radius 1 is 1.14 bits per heavy atom. The Bertz CT molecular complexity index is 917. The highest BCUT2D eigenvalue weighted by atomic mass is 19.1. The molecule has 1 atom stereocenters. The van der Waals surface area contributed by atoms with E-state index in [4.69, 9.17) is 14.2 Å². The Balaban J connectivity index is 2.09. The van der Waals surface area contributed by atoms with Gasteiger partial charge in [-0.3, -0.25) is 14.9 Å². The van der Waals surface area contributed by atoms with Gasteiger partial charge in [-0.15, -0.1) is 0 Å². The van der Waals surface area contributed by atoms with E-state index in [9.17, 15) is 24.1 Å². The zero-order valence-corrected chi connectivity index (χ0v) is 15.2. The van der Waals surface area contributed by atoms with Crippen molar-refractivity contribution in [3.05, 3.63) is 57.9 Å². The number of nitrogens with one attached hydrogen (secondary N) is 1. The van der Waals surface area contributed by atoms with E-state index in [2.05, 4.69) is 5.32 Å². The summed E-state index contributed by atoms with van der Waals surface area (Å²) in [5.41, 5.74) is -0.714. The number of hydrogen-bond acceptors (Lipinski definition) is 7. The van der Waals surface area contributed by atoms with E-state index in [1.807, 2.05) is 0 Å². The SMILES string of the molecule is COc1ccc(C(=O)O[C@@H](C)C(=O)Nc2ccc(F)c([N+](=O)[O-])c2)c(OC)c1. The lowest BCUT2D eigenvalue weighted by atomic mass is 10.2. The number of ether oxygens (including phenoxy) is 3. The van der Waals surface area contributed by atoms with Crippen LogP contribution in [0.5, 0.6) is 11.5 Å². The van der Waals surface area contributed by atoms with Crippen LogP contribution in [0.1, 0.15) is 17.3 Å². The van der Waals surface area contributed by atoms with Crippen LogP contribution in [0.15, 0.2) is 36.4 Å². The third-order valence-corrected chi connectivity index (χ3v) is 3.69. The van der Waals surface area contributed by atoms with Crippen molar-refractivity contribution in [3.63, 3.8) is 0 Å². The Labute approximate surface area is 159 Å². The Morgan fingerprint density at radius 2 is 1.86 bits per heavy atom. The summed E-state index contributed by atoms with van der Waals surface area (Å²) in [5, 5.41) is 13.1. The molecule has 2 aromatic rings. The number of nitrogens with zero attached hydrogens (tertiary/aromatic N) is 1. The van der Waals surface area contributed by atoms with Gasteiger partial charge in [0, 0.05) is 17.8 Å². The fourth-order valence-corrected chi connectivity index (χ4v) is 2.22. The van der Waals surface area contributed by atoms with Gasteiger partial charge in [0.1, 0.15) is 17.1 Å². The number of amides is 1. The molecule has 1 amide bonds. The van der Waals surface area contributed by atoms with Gasteiger partial charge in [0.25, 0.3) is 5.91 Å². The average Bonchev–Trinajstić information content (AvgIpc) is 2.68.